The molecular formula is C21H24BrF3N2O8. The van der Waals surface area contributed by atoms with Crippen molar-refractivity contribution >= 4 is 39.3 Å². The van der Waals surface area contributed by atoms with E-state index in [0.717, 1.165) is 39.3 Å². The lowest BCUT2D eigenvalue weighted by molar-refractivity contribution is -0.385. The molecule has 194 valence electrons. The zero-order valence-electron chi connectivity index (χ0n) is 19.0. The van der Waals surface area contributed by atoms with Gasteiger partial charge in [-0.2, -0.15) is 13.2 Å². The van der Waals surface area contributed by atoms with Crippen LogP contribution in [0.25, 0.3) is 0 Å². The molecule has 4 atom stereocenters. The number of aliphatic imine (C=N–C) groups is 1. The van der Waals surface area contributed by atoms with Gasteiger partial charge in [-0.25, -0.2) is 4.99 Å². The molecule has 0 fully saturated rings. The van der Waals surface area contributed by atoms with Crippen LogP contribution in [0.3, 0.4) is 0 Å². The van der Waals surface area contributed by atoms with E-state index in [1.807, 2.05) is 0 Å². The SMILES string of the molecule is COC(=O)C1C(C)=NC(O)(C(F)(F)F)C(C(=O)OC)C1c1cc([N+](=O)[O-])ccc1OCCCCBr. The van der Waals surface area contributed by atoms with Crippen molar-refractivity contribution in [3.63, 3.8) is 0 Å². The number of ether oxygens (including phenoxy) is 3. The highest BCUT2D eigenvalue weighted by atomic mass is 79.9. The number of benzene rings is 1. The quantitative estimate of drug-likeness (QED) is 0.157. The van der Waals surface area contributed by atoms with Crippen LogP contribution in [-0.2, 0) is 19.1 Å². The van der Waals surface area contributed by atoms with Crippen LogP contribution in [0, 0.1) is 22.0 Å². The number of non-ortho nitro benzene ring substituents is 1. The molecule has 4 unspecified atom stereocenters. The number of carbonyl (C=O) groups is 2. The van der Waals surface area contributed by atoms with Gasteiger partial charge in [0.25, 0.3) is 11.4 Å². The normalized spacial score (nSPS) is 24.3. The van der Waals surface area contributed by atoms with Crippen molar-refractivity contribution in [3.05, 3.63) is 33.9 Å². The topological polar surface area (TPSA) is 138 Å². The molecule has 0 saturated heterocycles. The highest BCUT2D eigenvalue weighted by Gasteiger charge is 2.68. The Balaban J connectivity index is 2.87. The van der Waals surface area contributed by atoms with Gasteiger partial charge in [0.1, 0.15) is 17.6 Å². The van der Waals surface area contributed by atoms with Crippen molar-refractivity contribution < 1.29 is 47.0 Å². The van der Waals surface area contributed by atoms with Gasteiger partial charge in [-0.05, 0) is 25.8 Å². The average molecular weight is 569 g/mol. The third kappa shape index (κ3) is 5.74. The Morgan fingerprint density at radius 1 is 1.23 bits per heavy atom. The largest absolute Gasteiger partial charge is 0.493 e. The summed E-state index contributed by atoms with van der Waals surface area (Å²) in [5.74, 6) is -8.64. The van der Waals surface area contributed by atoms with E-state index in [9.17, 15) is 38.0 Å². The number of hydrogen-bond acceptors (Lipinski definition) is 9. The molecule has 35 heavy (non-hydrogen) atoms. The Hall–Kier alpha value is -2.74. The fourth-order valence-corrected chi connectivity index (χ4v) is 4.41. The van der Waals surface area contributed by atoms with Crippen molar-refractivity contribution in [2.24, 2.45) is 16.8 Å². The first-order chi connectivity index (χ1) is 16.3. The number of carbonyl (C=O) groups excluding carboxylic acids is 2. The van der Waals surface area contributed by atoms with Gasteiger partial charge in [-0.1, -0.05) is 15.9 Å². The van der Waals surface area contributed by atoms with Crippen LogP contribution in [0.1, 0.15) is 31.2 Å². The van der Waals surface area contributed by atoms with Crippen LogP contribution < -0.4 is 4.74 Å². The van der Waals surface area contributed by atoms with Gasteiger partial charge < -0.3 is 19.3 Å². The first kappa shape index (κ1) is 28.5. The monoisotopic (exact) mass is 568 g/mol. The fraction of sp³-hybridized carbons (Fsp3) is 0.571. The van der Waals surface area contributed by atoms with Gasteiger partial charge in [0.05, 0.1) is 25.7 Å². The molecule has 1 aliphatic heterocycles. The number of nitro benzene ring substituents is 1. The van der Waals surface area contributed by atoms with Crippen molar-refractivity contribution in [1.82, 2.24) is 0 Å². The first-order valence-electron chi connectivity index (χ1n) is 10.3. The lowest BCUT2D eigenvalue weighted by Crippen LogP contribution is -2.60. The molecule has 1 heterocycles. The van der Waals surface area contributed by atoms with Gasteiger partial charge in [-0.15, -0.1) is 0 Å². The van der Waals surface area contributed by atoms with E-state index >= 15 is 0 Å². The molecule has 0 aromatic heterocycles. The second-order valence-electron chi connectivity index (χ2n) is 7.73. The van der Waals surface area contributed by atoms with Gasteiger partial charge in [-0.3, -0.25) is 19.7 Å². The molecule has 0 aliphatic carbocycles. The number of hydrogen-bond donors (Lipinski definition) is 1. The predicted octanol–water partition coefficient (Wildman–Crippen LogP) is 3.54. The van der Waals surface area contributed by atoms with E-state index in [2.05, 4.69) is 25.7 Å². The first-order valence-corrected chi connectivity index (χ1v) is 11.4. The number of unbranched alkanes of at least 4 members (excludes halogenated alkanes) is 1. The van der Waals surface area contributed by atoms with Crippen LogP contribution in [-0.4, -0.2) is 65.7 Å². The summed E-state index contributed by atoms with van der Waals surface area (Å²) in [6.45, 7) is 1.15. The summed E-state index contributed by atoms with van der Waals surface area (Å²) in [6, 6.07) is 3.15. The zero-order chi connectivity index (χ0) is 26.6. The molecule has 0 spiro atoms. The third-order valence-electron chi connectivity index (χ3n) is 5.63. The molecule has 2 rings (SSSR count). The summed E-state index contributed by atoms with van der Waals surface area (Å²) in [4.78, 5) is 39.4. The molecular weight excluding hydrogens is 545 g/mol. The molecule has 1 aliphatic rings. The Labute approximate surface area is 206 Å². The van der Waals surface area contributed by atoms with Crippen LogP contribution in [0.5, 0.6) is 5.75 Å². The third-order valence-corrected chi connectivity index (χ3v) is 6.19. The molecule has 0 radical (unpaired) electrons. The maximum Gasteiger partial charge on any atom is 0.439 e. The summed E-state index contributed by atoms with van der Waals surface area (Å²) in [5, 5.41) is 22.8. The summed E-state index contributed by atoms with van der Waals surface area (Å²) >= 11 is 3.26. The van der Waals surface area contributed by atoms with E-state index in [1.54, 1.807) is 0 Å². The minimum absolute atomic E-state index is 0.0888. The van der Waals surface area contributed by atoms with Crippen LogP contribution in [0.4, 0.5) is 18.9 Å². The number of esters is 2. The van der Waals surface area contributed by atoms with E-state index in [-0.39, 0.29) is 17.9 Å². The summed E-state index contributed by atoms with van der Waals surface area (Å²) in [6.07, 6.45) is -4.24. The number of alkyl halides is 4. The highest BCUT2D eigenvalue weighted by Crippen LogP contribution is 2.52. The lowest BCUT2D eigenvalue weighted by atomic mass is 9.67. The van der Waals surface area contributed by atoms with Gasteiger partial charge >= 0.3 is 18.1 Å². The number of aliphatic hydroxyl groups is 1. The molecule has 0 amide bonds. The average Bonchev–Trinajstić information content (AvgIpc) is 2.79. The Bertz CT molecular complexity index is 1000. The van der Waals surface area contributed by atoms with Crippen molar-refractivity contribution in [3.8, 4) is 5.75 Å². The van der Waals surface area contributed by atoms with E-state index in [0.29, 0.717) is 18.2 Å². The number of nitro groups is 1. The van der Waals surface area contributed by atoms with Gasteiger partial charge in [0.15, 0.2) is 0 Å². The molecule has 1 N–H and O–H groups in total. The van der Waals surface area contributed by atoms with E-state index in [1.165, 1.54) is 0 Å². The van der Waals surface area contributed by atoms with Crippen LogP contribution in [0.15, 0.2) is 23.2 Å². The minimum atomic E-state index is -5.47. The minimum Gasteiger partial charge on any atom is -0.493 e. The van der Waals surface area contributed by atoms with Crippen molar-refractivity contribution in [1.29, 1.82) is 0 Å². The molecule has 10 nitrogen and oxygen atoms in total. The lowest BCUT2D eigenvalue weighted by Gasteiger charge is -2.43. The van der Waals surface area contributed by atoms with E-state index < -0.39 is 57.9 Å². The molecule has 1 aromatic rings. The molecule has 0 bridgehead atoms. The second-order valence-corrected chi connectivity index (χ2v) is 8.52. The number of halogens is 4. The maximum atomic E-state index is 14.1. The number of rotatable bonds is 9. The summed E-state index contributed by atoms with van der Waals surface area (Å²) in [5.41, 5.74) is -5.29. The van der Waals surface area contributed by atoms with Gasteiger partial charge in [0.2, 0.25) is 0 Å². The van der Waals surface area contributed by atoms with Crippen LogP contribution in [0.2, 0.25) is 0 Å². The van der Waals surface area contributed by atoms with Gasteiger partial charge in [0, 0.05) is 34.7 Å². The maximum absolute atomic E-state index is 14.1. The fourth-order valence-electron chi connectivity index (χ4n) is 4.01. The standard InChI is InChI=1S/C21H24BrF3N2O8/c1-11-15(18(28)33-2)16(17(19(29)34-3)20(30,26-11)21(23,24)25)13-10-12(27(31)32)6-7-14(13)35-9-5-4-8-22/h6-7,10,15-17,30H,4-5,8-9H2,1-3H3. The molecule has 14 heteroatoms. The summed E-state index contributed by atoms with van der Waals surface area (Å²) in [7, 11) is 1.79. The Kier molecular flexibility index (Phi) is 9.23. The smallest absolute Gasteiger partial charge is 0.439 e. The van der Waals surface area contributed by atoms with Crippen molar-refractivity contribution in [2.75, 3.05) is 26.2 Å². The van der Waals surface area contributed by atoms with Crippen molar-refractivity contribution in [2.45, 2.75) is 37.6 Å². The highest BCUT2D eigenvalue weighted by molar-refractivity contribution is 9.09. The molecule has 1 aromatic carbocycles. The second kappa shape index (κ2) is 11.3. The summed E-state index contributed by atoms with van der Waals surface area (Å²) < 4.78 is 57.3. The number of methoxy groups -OCH3 is 2. The zero-order valence-corrected chi connectivity index (χ0v) is 20.6. The molecule has 0 saturated carbocycles. The Morgan fingerprint density at radius 3 is 2.37 bits per heavy atom. The predicted molar refractivity (Wildman–Crippen MR) is 119 cm³/mol. The Morgan fingerprint density at radius 2 is 1.86 bits per heavy atom. The number of nitrogens with zero attached hydrogens (tertiary/aromatic N) is 2. The van der Waals surface area contributed by atoms with E-state index in [4.69, 9.17) is 9.47 Å². The van der Waals surface area contributed by atoms with Crippen LogP contribution >= 0.6 is 15.9 Å².